The van der Waals surface area contributed by atoms with E-state index in [9.17, 15) is 13.2 Å². The van der Waals surface area contributed by atoms with Gasteiger partial charge in [0.05, 0.1) is 20.7 Å². The lowest BCUT2D eigenvalue weighted by Crippen LogP contribution is -2.21. The van der Waals surface area contributed by atoms with Gasteiger partial charge in [-0.15, -0.1) is 0 Å². The molecule has 1 N–H and O–H groups in total. The summed E-state index contributed by atoms with van der Waals surface area (Å²) in [6, 6.07) is 2.41. The van der Waals surface area contributed by atoms with E-state index in [4.69, 9.17) is 28.3 Å². The van der Waals surface area contributed by atoms with E-state index in [2.05, 4.69) is 0 Å². The van der Waals surface area contributed by atoms with E-state index < -0.39 is 21.1 Å². The van der Waals surface area contributed by atoms with Crippen LogP contribution in [0.15, 0.2) is 17.0 Å². The Labute approximate surface area is 134 Å². The summed E-state index contributed by atoms with van der Waals surface area (Å²) in [7, 11) is -3.67. The smallest absolute Gasteiger partial charge is 0.337 e. The molecule has 1 aromatic rings. The zero-order chi connectivity index (χ0) is 15.6. The number of carbonyl (C=O) groups is 1. The van der Waals surface area contributed by atoms with Crippen LogP contribution in [0.5, 0.6) is 0 Å². The van der Waals surface area contributed by atoms with Crippen LogP contribution in [0.2, 0.25) is 10.0 Å². The average Bonchev–Trinajstić information content (AvgIpc) is 2.70. The highest BCUT2D eigenvalue weighted by Gasteiger charge is 2.31. The molecule has 7 heteroatoms. The van der Waals surface area contributed by atoms with E-state index in [1.54, 1.807) is 0 Å². The van der Waals surface area contributed by atoms with Gasteiger partial charge in [-0.05, 0) is 25.0 Å². The van der Waals surface area contributed by atoms with E-state index in [0.717, 1.165) is 25.7 Å². The molecule has 0 heterocycles. The molecular weight excluding hydrogens is 335 g/mol. The Hall–Kier alpha value is -0.780. The van der Waals surface area contributed by atoms with E-state index in [0.29, 0.717) is 12.8 Å². The monoisotopic (exact) mass is 350 g/mol. The van der Waals surface area contributed by atoms with E-state index >= 15 is 0 Å². The fourth-order valence-electron chi connectivity index (χ4n) is 2.66. The molecule has 1 aliphatic rings. The van der Waals surface area contributed by atoms with Crippen molar-refractivity contribution in [3.8, 4) is 0 Å². The molecule has 0 aliphatic heterocycles. The van der Waals surface area contributed by atoms with E-state index in [1.807, 2.05) is 0 Å². The normalized spacial score (nSPS) is 17.4. The van der Waals surface area contributed by atoms with Gasteiger partial charge in [-0.3, -0.25) is 0 Å². The van der Waals surface area contributed by atoms with Gasteiger partial charge in [-0.1, -0.05) is 48.9 Å². The topological polar surface area (TPSA) is 71.4 Å². The van der Waals surface area contributed by atoms with Gasteiger partial charge in [0.1, 0.15) is 0 Å². The standard InChI is InChI=1S/C14H16Cl2O4S/c15-9-7-11(14(17)18)13(16)12(8-9)21(19,20)10-5-3-1-2-4-6-10/h7-8,10H,1-6H2,(H,17,18). The average molecular weight is 351 g/mol. The van der Waals surface area contributed by atoms with Gasteiger partial charge in [0, 0.05) is 5.02 Å². The molecule has 1 saturated carbocycles. The highest BCUT2D eigenvalue weighted by atomic mass is 35.5. The minimum absolute atomic E-state index is 0.0593. The number of hydrogen-bond acceptors (Lipinski definition) is 3. The van der Waals surface area contributed by atoms with Crippen molar-refractivity contribution >= 4 is 39.0 Å². The Morgan fingerprint density at radius 3 is 2.19 bits per heavy atom. The molecule has 1 aliphatic carbocycles. The van der Waals surface area contributed by atoms with Gasteiger partial charge in [0.25, 0.3) is 0 Å². The molecule has 0 bridgehead atoms. The molecule has 1 aromatic carbocycles. The first-order valence-corrected chi connectivity index (χ1v) is 9.10. The first kappa shape index (κ1) is 16.6. The van der Waals surface area contributed by atoms with Crippen molar-refractivity contribution < 1.29 is 18.3 Å². The van der Waals surface area contributed by atoms with Crippen molar-refractivity contribution in [3.05, 3.63) is 27.7 Å². The highest BCUT2D eigenvalue weighted by Crippen LogP contribution is 2.35. The second-order valence-electron chi connectivity index (χ2n) is 5.23. The van der Waals surface area contributed by atoms with Crippen molar-refractivity contribution in [2.75, 3.05) is 0 Å². The predicted molar refractivity (Wildman–Crippen MR) is 82.1 cm³/mol. The molecule has 0 radical (unpaired) electrons. The number of benzene rings is 1. The second kappa shape index (κ2) is 6.55. The quantitative estimate of drug-likeness (QED) is 0.829. The third-order valence-corrected chi connectivity index (χ3v) is 6.80. The zero-order valence-corrected chi connectivity index (χ0v) is 13.6. The minimum Gasteiger partial charge on any atom is -0.478 e. The van der Waals surface area contributed by atoms with Crippen LogP contribution in [-0.4, -0.2) is 24.7 Å². The summed E-state index contributed by atoms with van der Waals surface area (Å²) in [5.74, 6) is -1.29. The molecule has 4 nitrogen and oxygen atoms in total. The first-order chi connectivity index (χ1) is 9.84. The van der Waals surface area contributed by atoms with E-state index in [-0.39, 0.29) is 20.5 Å². The molecule has 0 saturated heterocycles. The maximum atomic E-state index is 12.8. The van der Waals surface area contributed by atoms with Crippen LogP contribution in [0.1, 0.15) is 48.9 Å². The number of sulfone groups is 1. The van der Waals surface area contributed by atoms with Gasteiger partial charge in [0.15, 0.2) is 9.84 Å². The van der Waals surface area contributed by atoms with Gasteiger partial charge < -0.3 is 5.11 Å². The lowest BCUT2D eigenvalue weighted by molar-refractivity contribution is 0.0697. The van der Waals surface area contributed by atoms with Crippen LogP contribution in [0, 0.1) is 0 Å². The van der Waals surface area contributed by atoms with Crippen molar-refractivity contribution in [2.24, 2.45) is 0 Å². The summed E-state index contributed by atoms with van der Waals surface area (Å²) in [4.78, 5) is 11.0. The second-order valence-corrected chi connectivity index (χ2v) is 8.24. The third-order valence-electron chi connectivity index (χ3n) is 3.78. The minimum atomic E-state index is -3.67. The summed E-state index contributed by atoms with van der Waals surface area (Å²) in [5, 5.41) is 8.39. The number of carboxylic acids is 1. The van der Waals surface area contributed by atoms with Gasteiger partial charge >= 0.3 is 5.97 Å². The first-order valence-electron chi connectivity index (χ1n) is 6.80. The summed E-state index contributed by atoms with van der Waals surface area (Å²) in [6.07, 6.45) is 4.91. The molecule has 0 atom stereocenters. The fourth-order valence-corrected chi connectivity index (χ4v) is 5.42. The van der Waals surface area contributed by atoms with Gasteiger partial charge in [-0.2, -0.15) is 0 Å². The van der Waals surface area contributed by atoms with Gasteiger partial charge in [0.2, 0.25) is 0 Å². The van der Waals surface area contributed by atoms with Gasteiger partial charge in [-0.25, -0.2) is 13.2 Å². The molecule has 2 rings (SSSR count). The van der Waals surface area contributed by atoms with Crippen molar-refractivity contribution in [1.82, 2.24) is 0 Å². The number of aromatic carboxylic acids is 1. The Morgan fingerprint density at radius 1 is 1.10 bits per heavy atom. The lowest BCUT2D eigenvalue weighted by atomic mass is 10.2. The summed E-state index contributed by atoms with van der Waals surface area (Å²) < 4.78 is 25.5. The van der Waals surface area contributed by atoms with Crippen LogP contribution in [0.4, 0.5) is 0 Å². The lowest BCUT2D eigenvalue weighted by Gasteiger charge is -2.17. The predicted octanol–water partition coefficient (Wildman–Crippen LogP) is 4.19. The molecule has 0 aromatic heterocycles. The maximum Gasteiger partial charge on any atom is 0.337 e. The summed E-state index contributed by atoms with van der Waals surface area (Å²) >= 11 is 11.9. The Kier molecular flexibility index (Phi) is 5.17. The van der Waals surface area contributed by atoms with Crippen molar-refractivity contribution in [1.29, 1.82) is 0 Å². The highest BCUT2D eigenvalue weighted by molar-refractivity contribution is 7.92. The molecule has 1 fully saturated rings. The molecular formula is C14H16Cl2O4S. The Morgan fingerprint density at radius 2 is 1.67 bits per heavy atom. The number of rotatable bonds is 3. The molecule has 0 spiro atoms. The number of halogens is 2. The van der Waals surface area contributed by atoms with Crippen LogP contribution >= 0.6 is 23.2 Å². The SMILES string of the molecule is O=C(O)c1cc(Cl)cc(S(=O)(=O)C2CCCCCC2)c1Cl. The molecule has 116 valence electrons. The van der Waals surface area contributed by atoms with Crippen LogP contribution in [0.3, 0.4) is 0 Å². The Bertz CT molecular complexity index is 647. The number of hydrogen-bond donors (Lipinski definition) is 1. The van der Waals surface area contributed by atoms with Crippen LogP contribution in [-0.2, 0) is 9.84 Å². The third kappa shape index (κ3) is 3.52. The Balaban J connectivity index is 2.51. The van der Waals surface area contributed by atoms with Crippen molar-refractivity contribution in [2.45, 2.75) is 48.7 Å². The van der Waals surface area contributed by atoms with Crippen LogP contribution in [0.25, 0.3) is 0 Å². The fraction of sp³-hybridized carbons (Fsp3) is 0.500. The van der Waals surface area contributed by atoms with E-state index in [1.165, 1.54) is 12.1 Å². The molecule has 0 amide bonds. The summed E-state index contributed by atoms with van der Waals surface area (Å²) in [6.45, 7) is 0. The largest absolute Gasteiger partial charge is 0.478 e. The molecule has 21 heavy (non-hydrogen) atoms. The molecule has 0 unspecified atom stereocenters. The van der Waals surface area contributed by atoms with Crippen LogP contribution < -0.4 is 0 Å². The van der Waals surface area contributed by atoms with Crippen molar-refractivity contribution in [3.63, 3.8) is 0 Å². The zero-order valence-electron chi connectivity index (χ0n) is 11.3. The number of carboxylic acid groups (broad SMARTS) is 1. The maximum absolute atomic E-state index is 12.8. The summed E-state index contributed by atoms with van der Waals surface area (Å²) in [5.41, 5.74) is -0.281.